The molecule has 0 saturated carbocycles. The molecular formula is C15H24N4O2S. The van der Waals surface area contributed by atoms with Crippen LogP contribution >= 0.6 is 0 Å². The summed E-state index contributed by atoms with van der Waals surface area (Å²) in [5.74, 6) is 2.03. The fourth-order valence-electron chi connectivity index (χ4n) is 2.55. The molecule has 0 aliphatic heterocycles. The first-order chi connectivity index (χ1) is 10.5. The normalized spacial score (nSPS) is 14.4. The molecule has 0 amide bonds. The van der Waals surface area contributed by atoms with E-state index in [9.17, 15) is 4.21 Å². The van der Waals surface area contributed by atoms with Gasteiger partial charge >= 0.3 is 0 Å². The van der Waals surface area contributed by atoms with Gasteiger partial charge < -0.3 is 15.0 Å². The van der Waals surface area contributed by atoms with Crippen molar-refractivity contribution in [3.8, 4) is 0 Å². The first-order valence-corrected chi connectivity index (χ1v) is 9.12. The van der Waals surface area contributed by atoms with Crippen LogP contribution in [0.1, 0.15) is 37.3 Å². The van der Waals surface area contributed by atoms with Crippen LogP contribution in [0.4, 0.5) is 5.82 Å². The molecule has 0 saturated heterocycles. The third kappa shape index (κ3) is 3.47. The van der Waals surface area contributed by atoms with E-state index in [4.69, 9.17) is 10.5 Å². The highest BCUT2D eigenvalue weighted by Gasteiger charge is 2.19. The van der Waals surface area contributed by atoms with Gasteiger partial charge in [0.25, 0.3) is 0 Å². The number of imidazole rings is 1. The Morgan fingerprint density at radius 3 is 2.82 bits per heavy atom. The van der Waals surface area contributed by atoms with Gasteiger partial charge in [0.05, 0.1) is 5.52 Å². The Morgan fingerprint density at radius 2 is 2.18 bits per heavy atom. The minimum Gasteiger partial charge on any atom is -0.382 e. The van der Waals surface area contributed by atoms with E-state index >= 15 is 0 Å². The van der Waals surface area contributed by atoms with Gasteiger partial charge in [-0.05, 0) is 32.3 Å². The molecule has 7 heteroatoms. The number of hydrogen-bond donors (Lipinski definition) is 1. The number of pyridine rings is 1. The molecule has 0 aliphatic carbocycles. The lowest BCUT2D eigenvalue weighted by Gasteiger charge is -2.14. The van der Waals surface area contributed by atoms with Crippen molar-refractivity contribution in [2.45, 2.75) is 39.3 Å². The number of nitrogen functional groups attached to an aromatic ring is 1. The smallest absolute Gasteiger partial charge is 0.151 e. The molecule has 0 radical (unpaired) electrons. The second-order valence-electron chi connectivity index (χ2n) is 5.51. The minimum atomic E-state index is -0.744. The van der Waals surface area contributed by atoms with Crippen molar-refractivity contribution >= 4 is 27.7 Å². The zero-order chi connectivity index (χ0) is 16.3. The van der Waals surface area contributed by atoms with Crippen LogP contribution in [0, 0.1) is 6.92 Å². The monoisotopic (exact) mass is 324 g/mol. The highest BCUT2D eigenvalue weighted by molar-refractivity contribution is 7.84. The van der Waals surface area contributed by atoms with Crippen molar-refractivity contribution < 1.29 is 8.95 Å². The van der Waals surface area contributed by atoms with Gasteiger partial charge in [-0.1, -0.05) is 0 Å². The molecule has 0 aliphatic rings. The zero-order valence-electron chi connectivity index (χ0n) is 13.6. The van der Waals surface area contributed by atoms with Crippen LogP contribution in [0.3, 0.4) is 0 Å². The van der Waals surface area contributed by atoms with Crippen molar-refractivity contribution in [3.63, 3.8) is 0 Å². The molecule has 0 fully saturated rings. The number of nitrogens with zero attached hydrogens (tertiary/aromatic N) is 3. The average Bonchev–Trinajstić information content (AvgIpc) is 2.87. The number of anilines is 1. The summed E-state index contributed by atoms with van der Waals surface area (Å²) in [7, 11) is 0.925. The molecule has 0 spiro atoms. The maximum Gasteiger partial charge on any atom is 0.151 e. The predicted octanol–water partition coefficient (Wildman–Crippen LogP) is 2.19. The molecule has 2 N–H and O–H groups in total. The van der Waals surface area contributed by atoms with Crippen LogP contribution in [0.2, 0.25) is 0 Å². The summed E-state index contributed by atoms with van der Waals surface area (Å²) in [6, 6.07) is 0. The Bertz CT molecular complexity index is 684. The predicted molar refractivity (Wildman–Crippen MR) is 90.3 cm³/mol. The zero-order valence-corrected chi connectivity index (χ0v) is 14.4. The van der Waals surface area contributed by atoms with Gasteiger partial charge in [0.2, 0.25) is 0 Å². The Hall–Kier alpha value is -1.47. The maximum absolute atomic E-state index is 11.2. The summed E-state index contributed by atoms with van der Waals surface area (Å²) >= 11 is 0. The van der Waals surface area contributed by atoms with E-state index in [-0.39, 0.29) is 6.10 Å². The van der Waals surface area contributed by atoms with Crippen LogP contribution < -0.4 is 5.73 Å². The molecule has 6 nitrogen and oxygen atoms in total. The lowest BCUT2D eigenvalue weighted by Crippen LogP contribution is -2.10. The Morgan fingerprint density at radius 1 is 1.45 bits per heavy atom. The molecule has 2 aromatic heterocycles. The van der Waals surface area contributed by atoms with Crippen LogP contribution in [-0.2, 0) is 22.1 Å². The van der Waals surface area contributed by atoms with E-state index in [1.165, 1.54) is 0 Å². The number of aromatic nitrogens is 3. The Balaban J connectivity index is 2.39. The molecule has 122 valence electrons. The van der Waals surface area contributed by atoms with Crippen LogP contribution in [0.25, 0.3) is 11.0 Å². The van der Waals surface area contributed by atoms with Crippen LogP contribution in [0.5, 0.6) is 0 Å². The number of hydrogen-bond acceptors (Lipinski definition) is 5. The summed E-state index contributed by atoms with van der Waals surface area (Å²) in [5, 5.41) is 0. The molecule has 2 atom stereocenters. The van der Waals surface area contributed by atoms with Crippen molar-refractivity contribution in [2.24, 2.45) is 0 Å². The molecule has 2 rings (SSSR count). The second kappa shape index (κ2) is 7.19. The van der Waals surface area contributed by atoms with Gasteiger partial charge in [0.15, 0.2) is 5.82 Å². The first kappa shape index (κ1) is 16.9. The van der Waals surface area contributed by atoms with E-state index in [1.54, 1.807) is 19.6 Å². The van der Waals surface area contributed by atoms with Crippen LogP contribution in [-0.4, -0.2) is 37.9 Å². The lowest BCUT2D eigenvalue weighted by atomic mass is 10.2. The van der Waals surface area contributed by atoms with E-state index < -0.39 is 10.8 Å². The fraction of sp³-hybridized carbons (Fsp3) is 0.600. The molecule has 0 aromatic carbocycles. The number of nitrogens with two attached hydrogens (primary N) is 1. The average molecular weight is 324 g/mol. The van der Waals surface area contributed by atoms with Gasteiger partial charge in [-0.2, -0.15) is 0 Å². The topological polar surface area (TPSA) is 83.0 Å². The number of ether oxygens (including phenoxy) is 1. The number of unbranched alkanes of at least 4 members (excludes halogenated alkanes) is 1. The largest absolute Gasteiger partial charge is 0.382 e. The van der Waals surface area contributed by atoms with Gasteiger partial charge in [-0.25, -0.2) is 9.97 Å². The number of rotatable bonds is 7. The van der Waals surface area contributed by atoms with E-state index in [2.05, 4.69) is 14.5 Å². The third-order valence-corrected chi connectivity index (χ3v) is 4.65. The molecule has 2 aromatic rings. The van der Waals surface area contributed by atoms with Gasteiger partial charge in [-0.3, -0.25) is 4.21 Å². The highest BCUT2D eigenvalue weighted by Crippen LogP contribution is 2.27. The molecular weight excluding hydrogens is 300 g/mol. The van der Waals surface area contributed by atoms with Gasteiger partial charge in [0, 0.05) is 42.7 Å². The summed E-state index contributed by atoms with van der Waals surface area (Å²) < 4.78 is 18.8. The highest BCUT2D eigenvalue weighted by atomic mass is 32.2. The number of fused-ring (bicyclic) bond motifs is 1. The van der Waals surface area contributed by atoms with E-state index in [0.29, 0.717) is 5.82 Å². The quantitative estimate of drug-likeness (QED) is 0.789. The van der Waals surface area contributed by atoms with Gasteiger partial charge in [-0.15, -0.1) is 0 Å². The summed E-state index contributed by atoms with van der Waals surface area (Å²) in [4.78, 5) is 8.84. The standard InChI is InChI=1S/C15H24N4O2S/c1-10-9-17-14(16)12-13(10)19(7-5-6-8-22(4)20)15(18-12)11(2)21-3/h9,11H,5-8H2,1-4H3,(H2,16,17). The molecule has 22 heavy (non-hydrogen) atoms. The Kier molecular flexibility index (Phi) is 5.52. The van der Waals surface area contributed by atoms with Crippen molar-refractivity contribution in [3.05, 3.63) is 17.6 Å². The Labute approximate surface area is 133 Å². The van der Waals surface area contributed by atoms with Crippen LogP contribution in [0.15, 0.2) is 6.20 Å². The SMILES string of the molecule is COC(C)c1nc2c(N)ncc(C)c2n1CCCCS(C)=O. The summed E-state index contributed by atoms with van der Waals surface area (Å²) in [5.41, 5.74) is 8.77. The van der Waals surface area contributed by atoms with Crippen molar-refractivity contribution in [2.75, 3.05) is 24.9 Å². The fourth-order valence-corrected chi connectivity index (χ4v) is 3.17. The van der Waals surface area contributed by atoms with Crippen molar-refractivity contribution in [1.29, 1.82) is 0 Å². The number of aryl methyl sites for hydroxylation is 2. The summed E-state index contributed by atoms with van der Waals surface area (Å²) in [6.45, 7) is 4.79. The van der Waals surface area contributed by atoms with Crippen molar-refractivity contribution in [1.82, 2.24) is 14.5 Å². The molecule has 2 unspecified atom stereocenters. The van der Waals surface area contributed by atoms with Gasteiger partial charge in [0.1, 0.15) is 17.4 Å². The second-order valence-corrected chi connectivity index (χ2v) is 7.06. The number of methoxy groups -OCH3 is 1. The molecule has 0 bridgehead atoms. The summed E-state index contributed by atoms with van der Waals surface area (Å²) in [6.07, 6.45) is 5.26. The lowest BCUT2D eigenvalue weighted by molar-refractivity contribution is 0.109. The first-order valence-electron chi connectivity index (χ1n) is 7.39. The third-order valence-electron chi connectivity index (χ3n) is 3.79. The maximum atomic E-state index is 11.2. The minimum absolute atomic E-state index is 0.119. The van der Waals surface area contributed by atoms with E-state index in [0.717, 1.165) is 47.6 Å². The van der Waals surface area contributed by atoms with E-state index in [1.807, 2.05) is 13.8 Å². The molecule has 2 heterocycles.